The molecular formula is C17H16N4O5. The summed E-state index contributed by atoms with van der Waals surface area (Å²) in [6.07, 6.45) is 1.17. The van der Waals surface area contributed by atoms with Crippen LogP contribution in [0, 0.1) is 10.1 Å². The number of carbonyl (C=O) groups is 2. The van der Waals surface area contributed by atoms with E-state index >= 15 is 0 Å². The average molecular weight is 356 g/mol. The van der Waals surface area contributed by atoms with Gasteiger partial charge in [0.2, 0.25) is 0 Å². The lowest BCUT2D eigenvalue weighted by atomic mass is 10.2. The van der Waals surface area contributed by atoms with Crippen LogP contribution < -0.4 is 10.6 Å². The van der Waals surface area contributed by atoms with Crippen LogP contribution >= 0.6 is 0 Å². The van der Waals surface area contributed by atoms with Gasteiger partial charge in [-0.05, 0) is 30.3 Å². The summed E-state index contributed by atoms with van der Waals surface area (Å²) < 4.78 is 0. The highest BCUT2D eigenvalue weighted by Gasteiger charge is 2.10. The Morgan fingerprint density at radius 2 is 1.88 bits per heavy atom. The molecule has 2 N–H and O–H groups in total. The fourth-order valence-electron chi connectivity index (χ4n) is 2.00. The number of benzene rings is 2. The summed E-state index contributed by atoms with van der Waals surface area (Å²) in [4.78, 5) is 38.4. The van der Waals surface area contributed by atoms with Crippen molar-refractivity contribution in [3.8, 4) is 0 Å². The second-order valence-corrected chi connectivity index (χ2v) is 5.03. The molecule has 2 aromatic carbocycles. The van der Waals surface area contributed by atoms with Crippen LogP contribution in [0.15, 0.2) is 53.7 Å². The van der Waals surface area contributed by atoms with E-state index in [2.05, 4.69) is 15.8 Å². The van der Waals surface area contributed by atoms with Crippen LogP contribution in [0.25, 0.3) is 0 Å². The number of nitrogens with one attached hydrogen (secondary N) is 2. The van der Waals surface area contributed by atoms with Crippen LogP contribution in [0.5, 0.6) is 0 Å². The number of nitrogens with zero attached hydrogens (tertiary/aromatic N) is 2. The van der Waals surface area contributed by atoms with E-state index in [1.807, 2.05) is 0 Å². The Morgan fingerprint density at radius 3 is 2.54 bits per heavy atom. The Kier molecular flexibility index (Phi) is 6.38. The van der Waals surface area contributed by atoms with Crippen molar-refractivity contribution in [2.45, 2.75) is 0 Å². The van der Waals surface area contributed by atoms with Crippen molar-refractivity contribution in [2.24, 2.45) is 5.16 Å². The van der Waals surface area contributed by atoms with Crippen molar-refractivity contribution < 1.29 is 19.3 Å². The molecule has 0 saturated carbocycles. The molecule has 0 saturated heterocycles. The highest BCUT2D eigenvalue weighted by atomic mass is 16.6. The fourth-order valence-corrected chi connectivity index (χ4v) is 2.00. The number of para-hydroxylation sites is 1. The summed E-state index contributed by atoms with van der Waals surface area (Å²) in [6.45, 7) is -0.367. The molecule has 9 nitrogen and oxygen atoms in total. The van der Waals surface area contributed by atoms with Crippen LogP contribution in [-0.4, -0.2) is 36.6 Å². The van der Waals surface area contributed by atoms with Gasteiger partial charge in [0, 0.05) is 24.4 Å². The minimum Gasteiger partial charge on any atom is -0.386 e. The average Bonchev–Trinajstić information content (AvgIpc) is 2.65. The number of nitro groups is 1. The molecular weight excluding hydrogens is 340 g/mol. The predicted molar refractivity (Wildman–Crippen MR) is 95.1 cm³/mol. The number of hydrogen-bond acceptors (Lipinski definition) is 6. The molecule has 2 amide bonds. The van der Waals surface area contributed by atoms with E-state index in [0.29, 0.717) is 11.3 Å². The summed E-state index contributed by atoms with van der Waals surface area (Å²) in [6, 6.07) is 12.3. The van der Waals surface area contributed by atoms with Crippen LogP contribution in [0.2, 0.25) is 0 Å². The minimum absolute atomic E-state index is 0.111. The van der Waals surface area contributed by atoms with Gasteiger partial charge in [-0.25, -0.2) is 0 Å². The molecule has 26 heavy (non-hydrogen) atoms. The van der Waals surface area contributed by atoms with Crippen molar-refractivity contribution in [3.05, 3.63) is 69.8 Å². The zero-order valence-electron chi connectivity index (χ0n) is 13.8. The lowest BCUT2D eigenvalue weighted by molar-refractivity contribution is -0.385. The second-order valence-electron chi connectivity index (χ2n) is 5.03. The van der Waals surface area contributed by atoms with Crippen molar-refractivity contribution >= 4 is 29.4 Å². The van der Waals surface area contributed by atoms with Gasteiger partial charge >= 0.3 is 0 Å². The van der Waals surface area contributed by atoms with Gasteiger partial charge in [-0.2, -0.15) is 0 Å². The molecule has 0 aromatic heterocycles. The van der Waals surface area contributed by atoms with E-state index in [9.17, 15) is 19.7 Å². The molecule has 2 aromatic rings. The zero-order valence-corrected chi connectivity index (χ0v) is 13.8. The van der Waals surface area contributed by atoms with Crippen LogP contribution in [0.3, 0.4) is 0 Å². The molecule has 0 aliphatic rings. The topological polar surface area (TPSA) is 123 Å². The standard InChI is InChI=1S/C17H16N4O5/c1-18-17(23)12-6-8-14(9-7-12)20-16(22)11-26-19-10-13-4-2-3-5-15(13)21(24)25/h2-10H,11H2,1H3,(H,18,23)(H,20,22)/b19-10+. The first-order valence-corrected chi connectivity index (χ1v) is 7.52. The third-order valence-electron chi connectivity index (χ3n) is 3.25. The normalized spacial score (nSPS) is 10.3. The molecule has 0 unspecified atom stereocenters. The molecule has 134 valence electrons. The SMILES string of the molecule is CNC(=O)c1ccc(NC(=O)CO/N=C/c2ccccc2[N+](=O)[O-])cc1. The van der Waals surface area contributed by atoms with Crippen LogP contribution in [-0.2, 0) is 9.63 Å². The van der Waals surface area contributed by atoms with Gasteiger partial charge < -0.3 is 15.5 Å². The summed E-state index contributed by atoms with van der Waals surface area (Å²) in [5, 5.41) is 19.5. The minimum atomic E-state index is -0.531. The Balaban J connectivity index is 1.86. The first-order valence-electron chi connectivity index (χ1n) is 7.52. The maximum atomic E-state index is 11.8. The highest BCUT2D eigenvalue weighted by Crippen LogP contribution is 2.15. The zero-order chi connectivity index (χ0) is 18.9. The number of anilines is 1. The number of oxime groups is 1. The number of amides is 2. The van der Waals surface area contributed by atoms with Gasteiger partial charge in [-0.3, -0.25) is 19.7 Å². The van der Waals surface area contributed by atoms with Crippen molar-refractivity contribution in [1.29, 1.82) is 0 Å². The van der Waals surface area contributed by atoms with E-state index in [4.69, 9.17) is 4.84 Å². The lowest BCUT2D eigenvalue weighted by Crippen LogP contribution is -2.19. The van der Waals surface area contributed by atoms with Gasteiger partial charge in [0.05, 0.1) is 16.7 Å². The fraction of sp³-hybridized carbons (Fsp3) is 0.118. The number of nitro benzene ring substituents is 1. The molecule has 0 radical (unpaired) electrons. The molecule has 0 aliphatic carbocycles. The maximum absolute atomic E-state index is 11.8. The summed E-state index contributed by atoms with van der Waals surface area (Å²) in [5.74, 6) is -0.687. The Bertz CT molecular complexity index is 833. The van der Waals surface area contributed by atoms with Crippen molar-refractivity contribution in [1.82, 2.24) is 5.32 Å². The van der Waals surface area contributed by atoms with E-state index in [0.717, 1.165) is 0 Å². The molecule has 0 atom stereocenters. The quantitative estimate of drug-likeness (QED) is 0.446. The first-order chi connectivity index (χ1) is 12.5. The van der Waals surface area contributed by atoms with Crippen molar-refractivity contribution in [3.63, 3.8) is 0 Å². The molecule has 9 heteroatoms. The number of hydrogen-bond donors (Lipinski definition) is 2. The summed E-state index contributed by atoms with van der Waals surface area (Å²) in [7, 11) is 1.53. The summed E-state index contributed by atoms with van der Waals surface area (Å²) in [5.41, 5.74) is 1.12. The molecule has 0 fully saturated rings. The molecule has 2 rings (SSSR count). The van der Waals surface area contributed by atoms with Gasteiger partial charge in [0.15, 0.2) is 6.61 Å². The molecule has 0 aliphatic heterocycles. The van der Waals surface area contributed by atoms with Gasteiger partial charge in [0.1, 0.15) is 0 Å². The highest BCUT2D eigenvalue weighted by molar-refractivity contribution is 5.95. The maximum Gasteiger partial charge on any atom is 0.278 e. The molecule has 0 heterocycles. The van der Waals surface area contributed by atoms with Gasteiger partial charge in [0.25, 0.3) is 17.5 Å². The van der Waals surface area contributed by atoms with E-state index in [1.165, 1.54) is 25.4 Å². The number of rotatable bonds is 7. The van der Waals surface area contributed by atoms with Gasteiger partial charge in [-0.1, -0.05) is 17.3 Å². The van der Waals surface area contributed by atoms with Crippen LogP contribution in [0.1, 0.15) is 15.9 Å². The third kappa shape index (κ3) is 5.13. The molecule has 0 bridgehead atoms. The third-order valence-corrected chi connectivity index (χ3v) is 3.25. The summed E-state index contributed by atoms with van der Waals surface area (Å²) >= 11 is 0. The predicted octanol–water partition coefficient (Wildman–Crippen LogP) is 1.94. The van der Waals surface area contributed by atoms with Crippen LogP contribution in [0.4, 0.5) is 11.4 Å². The lowest BCUT2D eigenvalue weighted by Gasteiger charge is -2.05. The van der Waals surface area contributed by atoms with Gasteiger partial charge in [-0.15, -0.1) is 0 Å². The first kappa shape index (κ1) is 18.6. The molecule has 0 spiro atoms. The van der Waals surface area contributed by atoms with E-state index < -0.39 is 10.8 Å². The Labute approximate surface area is 148 Å². The van der Waals surface area contributed by atoms with E-state index in [1.54, 1.807) is 36.4 Å². The smallest absolute Gasteiger partial charge is 0.278 e. The largest absolute Gasteiger partial charge is 0.386 e. The Morgan fingerprint density at radius 1 is 1.19 bits per heavy atom. The Hall–Kier alpha value is -3.75. The van der Waals surface area contributed by atoms with Crippen molar-refractivity contribution in [2.75, 3.05) is 19.0 Å². The second kappa shape index (κ2) is 8.92. The van der Waals surface area contributed by atoms with E-state index in [-0.39, 0.29) is 23.8 Å². The number of carbonyl (C=O) groups excluding carboxylic acids is 2. The monoisotopic (exact) mass is 356 g/mol.